The van der Waals surface area contributed by atoms with E-state index in [9.17, 15) is 14.7 Å². The maximum atomic E-state index is 13.3. The number of benzene rings is 3. The minimum absolute atomic E-state index is 0.0809. The summed E-state index contributed by atoms with van der Waals surface area (Å²) in [6.45, 7) is 6.59. The van der Waals surface area contributed by atoms with Crippen molar-refractivity contribution in [2.75, 3.05) is 11.5 Å². The summed E-state index contributed by atoms with van der Waals surface area (Å²) in [5, 5.41) is 11.3. The average molecular weight is 456 g/mol. The smallest absolute Gasteiger partial charge is 0.300 e. The number of rotatable bonds is 7. The largest absolute Gasteiger partial charge is 0.507 e. The van der Waals surface area contributed by atoms with Crippen LogP contribution in [0.25, 0.3) is 5.76 Å². The first kappa shape index (κ1) is 23.3. The van der Waals surface area contributed by atoms with Crippen molar-refractivity contribution in [2.24, 2.45) is 0 Å². The molecule has 5 nitrogen and oxygen atoms in total. The summed E-state index contributed by atoms with van der Waals surface area (Å²) >= 11 is 0. The van der Waals surface area contributed by atoms with Crippen LogP contribution in [0.15, 0.2) is 78.4 Å². The van der Waals surface area contributed by atoms with Crippen LogP contribution in [0.1, 0.15) is 48.6 Å². The highest BCUT2D eigenvalue weighted by Gasteiger charge is 2.46. The van der Waals surface area contributed by atoms with Crippen molar-refractivity contribution >= 4 is 23.1 Å². The number of ketones is 1. The highest BCUT2D eigenvalue weighted by Crippen LogP contribution is 2.42. The molecule has 1 fully saturated rings. The van der Waals surface area contributed by atoms with Gasteiger partial charge in [0.2, 0.25) is 0 Å². The molecule has 0 saturated carbocycles. The molecule has 0 aliphatic carbocycles. The topological polar surface area (TPSA) is 66.8 Å². The molecule has 5 heteroatoms. The molecule has 34 heavy (non-hydrogen) atoms. The summed E-state index contributed by atoms with van der Waals surface area (Å²) < 4.78 is 5.74. The van der Waals surface area contributed by atoms with Gasteiger partial charge in [-0.05, 0) is 66.8 Å². The molecular formula is C29H29NO4. The number of aliphatic hydroxyl groups excluding tert-OH is 1. The molecule has 3 aromatic rings. The van der Waals surface area contributed by atoms with Gasteiger partial charge in [-0.25, -0.2) is 0 Å². The summed E-state index contributed by atoms with van der Waals surface area (Å²) in [5.41, 5.74) is 3.91. The summed E-state index contributed by atoms with van der Waals surface area (Å²) in [4.78, 5) is 28.0. The van der Waals surface area contributed by atoms with Gasteiger partial charge in [0.1, 0.15) is 11.5 Å². The Balaban J connectivity index is 1.84. The zero-order chi connectivity index (χ0) is 24.2. The van der Waals surface area contributed by atoms with Gasteiger partial charge in [0, 0.05) is 11.3 Å². The zero-order valence-electron chi connectivity index (χ0n) is 19.7. The second-order valence-electron chi connectivity index (χ2n) is 8.43. The quantitative estimate of drug-likeness (QED) is 0.271. The molecule has 1 aliphatic heterocycles. The highest BCUT2D eigenvalue weighted by molar-refractivity contribution is 6.51. The molecular weight excluding hydrogens is 426 g/mol. The standard InChI is InChI=1S/C29H29NO4/c1-4-17-34-24-16-13-22(18-19(24)3)27(31)25-26(21-9-7-6-8-10-21)30(29(33)28(25)32)23-14-11-20(5-2)12-15-23/h6-16,18,26,31H,4-5,17H2,1-3H3/b27-25-. The fourth-order valence-electron chi connectivity index (χ4n) is 4.27. The first-order chi connectivity index (χ1) is 16.5. The summed E-state index contributed by atoms with van der Waals surface area (Å²) in [5.74, 6) is -0.811. The van der Waals surface area contributed by atoms with Crippen LogP contribution < -0.4 is 9.64 Å². The van der Waals surface area contributed by atoms with E-state index in [2.05, 4.69) is 6.92 Å². The molecule has 1 saturated heterocycles. The van der Waals surface area contributed by atoms with Gasteiger partial charge in [-0.3, -0.25) is 14.5 Å². The first-order valence-electron chi connectivity index (χ1n) is 11.6. The van der Waals surface area contributed by atoms with Crippen molar-refractivity contribution in [2.45, 2.75) is 39.7 Å². The first-order valence-corrected chi connectivity index (χ1v) is 11.6. The van der Waals surface area contributed by atoms with Gasteiger partial charge < -0.3 is 9.84 Å². The van der Waals surface area contributed by atoms with Crippen LogP contribution in [-0.4, -0.2) is 23.4 Å². The number of Topliss-reactive ketones (excluding diaryl/α,β-unsaturated/α-hetero) is 1. The Labute approximate surface area is 200 Å². The number of aliphatic hydroxyl groups is 1. The number of anilines is 1. The van der Waals surface area contributed by atoms with Crippen LogP contribution in [0.5, 0.6) is 5.75 Å². The monoisotopic (exact) mass is 455 g/mol. The van der Waals surface area contributed by atoms with E-state index in [0.29, 0.717) is 17.9 Å². The van der Waals surface area contributed by atoms with Gasteiger partial charge in [0.05, 0.1) is 18.2 Å². The highest BCUT2D eigenvalue weighted by atomic mass is 16.5. The lowest BCUT2D eigenvalue weighted by atomic mass is 9.94. The molecule has 1 atom stereocenters. The number of aryl methyl sites for hydroxylation is 2. The van der Waals surface area contributed by atoms with Crippen molar-refractivity contribution in [1.82, 2.24) is 0 Å². The van der Waals surface area contributed by atoms with Crippen molar-refractivity contribution < 1.29 is 19.4 Å². The predicted molar refractivity (Wildman–Crippen MR) is 134 cm³/mol. The van der Waals surface area contributed by atoms with E-state index in [0.717, 1.165) is 35.3 Å². The number of carbonyl (C=O) groups excluding carboxylic acids is 2. The van der Waals surface area contributed by atoms with Crippen molar-refractivity contribution in [3.8, 4) is 5.75 Å². The Bertz CT molecular complexity index is 1230. The van der Waals surface area contributed by atoms with Crippen LogP contribution in [0.4, 0.5) is 5.69 Å². The third kappa shape index (κ3) is 4.34. The molecule has 3 aromatic carbocycles. The van der Waals surface area contributed by atoms with Gasteiger partial charge in [-0.2, -0.15) is 0 Å². The minimum Gasteiger partial charge on any atom is -0.507 e. The lowest BCUT2D eigenvalue weighted by Gasteiger charge is -2.25. The van der Waals surface area contributed by atoms with E-state index in [1.807, 2.05) is 68.4 Å². The molecule has 1 aliphatic rings. The number of nitrogens with zero attached hydrogens (tertiary/aromatic N) is 1. The lowest BCUT2D eigenvalue weighted by molar-refractivity contribution is -0.132. The van der Waals surface area contributed by atoms with Crippen LogP contribution in [0, 0.1) is 6.92 Å². The summed E-state index contributed by atoms with van der Waals surface area (Å²) in [6.07, 6.45) is 1.76. The second-order valence-corrected chi connectivity index (χ2v) is 8.43. The van der Waals surface area contributed by atoms with Crippen LogP contribution in [-0.2, 0) is 16.0 Å². The van der Waals surface area contributed by atoms with Crippen LogP contribution in [0.2, 0.25) is 0 Å². The molecule has 0 aromatic heterocycles. The van der Waals surface area contributed by atoms with Gasteiger partial charge in [-0.1, -0.05) is 56.3 Å². The molecule has 1 unspecified atom stereocenters. The van der Waals surface area contributed by atoms with E-state index >= 15 is 0 Å². The number of ether oxygens (including phenoxy) is 1. The van der Waals surface area contributed by atoms with Gasteiger partial charge in [0.25, 0.3) is 11.7 Å². The Morgan fingerprint density at radius 2 is 1.68 bits per heavy atom. The van der Waals surface area contributed by atoms with E-state index in [1.54, 1.807) is 18.2 Å². The fraction of sp³-hybridized carbons (Fsp3) is 0.241. The van der Waals surface area contributed by atoms with Gasteiger partial charge >= 0.3 is 0 Å². The summed E-state index contributed by atoms with van der Waals surface area (Å²) in [7, 11) is 0. The Kier molecular flexibility index (Phi) is 6.82. The Hall–Kier alpha value is -3.86. The maximum absolute atomic E-state index is 13.3. The molecule has 1 N–H and O–H groups in total. The molecule has 1 amide bonds. The molecule has 4 rings (SSSR count). The van der Waals surface area contributed by atoms with Crippen molar-refractivity contribution in [1.29, 1.82) is 0 Å². The SMILES string of the molecule is CCCOc1ccc(/C(O)=C2/C(=O)C(=O)N(c3ccc(CC)cc3)C2c2ccccc2)cc1C. The molecule has 174 valence electrons. The minimum atomic E-state index is -0.731. The van der Waals surface area contributed by atoms with Crippen LogP contribution >= 0.6 is 0 Å². The van der Waals surface area contributed by atoms with Crippen LogP contribution in [0.3, 0.4) is 0 Å². The van der Waals surface area contributed by atoms with E-state index in [4.69, 9.17) is 4.74 Å². The average Bonchev–Trinajstić information content (AvgIpc) is 3.13. The number of amides is 1. The van der Waals surface area contributed by atoms with E-state index in [1.165, 1.54) is 4.90 Å². The summed E-state index contributed by atoms with van der Waals surface area (Å²) in [6, 6.07) is 21.5. The van der Waals surface area contributed by atoms with E-state index < -0.39 is 17.7 Å². The number of hydrogen-bond donors (Lipinski definition) is 1. The van der Waals surface area contributed by atoms with Gasteiger partial charge in [-0.15, -0.1) is 0 Å². The molecule has 1 heterocycles. The number of hydrogen-bond acceptors (Lipinski definition) is 4. The molecule has 0 radical (unpaired) electrons. The third-order valence-electron chi connectivity index (χ3n) is 6.09. The lowest BCUT2D eigenvalue weighted by Crippen LogP contribution is -2.29. The Morgan fingerprint density at radius 1 is 0.971 bits per heavy atom. The second kappa shape index (κ2) is 9.96. The van der Waals surface area contributed by atoms with Gasteiger partial charge in [0.15, 0.2) is 0 Å². The Morgan fingerprint density at radius 3 is 2.29 bits per heavy atom. The maximum Gasteiger partial charge on any atom is 0.300 e. The third-order valence-corrected chi connectivity index (χ3v) is 6.09. The number of carbonyl (C=O) groups is 2. The van der Waals surface area contributed by atoms with Crippen molar-refractivity contribution in [3.63, 3.8) is 0 Å². The molecule has 0 bridgehead atoms. The fourth-order valence-corrected chi connectivity index (χ4v) is 4.27. The zero-order valence-corrected chi connectivity index (χ0v) is 19.7. The predicted octanol–water partition coefficient (Wildman–Crippen LogP) is 5.97. The molecule has 0 spiro atoms. The van der Waals surface area contributed by atoms with Crippen molar-refractivity contribution in [3.05, 3.63) is 101 Å². The normalized spacial score (nSPS) is 17.3. The van der Waals surface area contributed by atoms with E-state index in [-0.39, 0.29) is 11.3 Å².